The summed E-state index contributed by atoms with van der Waals surface area (Å²) in [6.45, 7) is 6.79. The number of carbonyl (C=O) groups is 3. The molecule has 0 saturated carbocycles. The summed E-state index contributed by atoms with van der Waals surface area (Å²) < 4.78 is 24.0. The highest BCUT2D eigenvalue weighted by atomic mass is 19.1. The molecule has 154 valence electrons. The Balaban J connectivity index is 2.04. The van der Waals surface area contributed by atoms with Gasteiger partial charge in [0.05, 0.1) is 12.7 Å². The first-order valence-corrected chi connectivity index (χ1v) is 9.03. The van der Waals surface area contributed by atoms with Crippen molar-refractivity contribution >= 4 is 23.3 Å². The SMILES string of the molecule is COc1ccc(C(=O)O[C@H](C)C(=O)c2ccc(NC(=O)C(C)(C)C)cc2)c(F)c1. The summed E-state index contributed by atoms with van der Waals surface area (Å²) in [5.41, 5.74) is 0.0138. The Labute approximate surface area is 169 Å². The molecule has 0 fully saturated rings. The van der Waals surface area contributed by atoms with Gasteiger partial charge in [-0.1, -0.05) is 20.8 Å². The van der Waals surface area contributed by atoms with Gasteiger partial charge < -0.3 is 14.8 Å². The third-order valence-electron chi connectivity index (χ3n) is 4.16. The van der Waals surface area contributed by atoms with Crippen molar-refractivity contribution in [3.05, 3.63) is 59.4 Å². The molecular weight excluding hydrogens is 377 g/mol. The summed E-state index contributed by atoms with van der Waals surface area (Å²) in [7, 11) is 1.38. The fourth-order valence-electron chi connectivity index (χ4n) is 2.34. The van der Waals surface area contributed by atoms with Gasteiger partial charge in [0.2, 0.25) is 11.7 Å². The highest BCUT2D eigenvalue weighted by Gasteiger charge is 2.23. The zero-order chi connectivity index (χ0) is 21.8. The molecular formula is C22H24FNO5. The van der Waals surface area contributed by atoms with Crippen LogP contribution in [0, 0.1) is 11.2 Å². The molecule has 1 atom stereocenters. The molecule has 0 bridgehead atoms. The van der Waals surface area contributed by atoms with Gasteiger partial charge in [-0.2, -0.15) is 0 Å². The molecule has 0 spiro atoms. The number of amides is 1. The van der Waals surface area contributed by atoms with Crippen molar-refractivity contribution in [2.24, 2.45) is 5.41 Å². The number of carbonyl (C=O) groups excluding carboxylic acids is 3. The van der Waals surface area contributed by atoms with Crippen molar-refractivity contribution in [1.29, 1.82) is 0 Å². The van der Waals surface area contributed by atoms with Gasteiger partial charge in [-0.15, -0.1) is 0 Å². The van der Waals surface area contributed by atoms with E-state index in [1.165, 1.54) is 38.3 Å². The topological polar surface area (TPSA) is 81.7 Å². The van der Waals surface area contributed by atoms with E-state index in [1.54, 1.807) is 32.9 Å². The van der Waals surface area contributed by atoms with E-state index < -0.39 is 29.1 Å². The second-order valence-corrected chi connectivity index (χ2v) is 7.54. The molecule has 1 N–H and O–H groups in total. The van der Waals surface area contributed by atoms with Crippen LogP contribution in [0.15, 0.2) is 42.5 Å². The van der Waals surface area contributed by atoms with E-state index in [9.17, 15) is 18.8 Å². The van der Waals surface area contributed by atoms with Gasteiger partial charge in [0.15, 0.2) is 6.10 Å². The van der Waals surface area contributed by atoms with E-state index >= 15 is 0 Å². The van der Waals surface area contributed by atoms with Crippen LogP contribution in [0.5, 0.6) is 5.75 Å². The zero-order valence-electron chi connectivity index (χ0n) is 17.0. The van der Waals surface area contributed by atoms with Gasteiger partial charge in [0, 0.05) is 22.7 Å². The average molecular weight is 401 g/mol. The summed E-state index contributed by atoms with van der Waals surface area (Å²) in [6, 6.07) is 9.96. The van der Waals surface area contributed by atoms with Crippen molar-refractivity contribution in [1.82, 2.24) is 0 Å². The van der Waals surface area contributed by atoms with Crippen LogP contribution in [-0.4, -0.2) is 30.9 Å². The maximum Gasteiger partial charge on any atom is 0.341 e. The quantitative estimate of drug-likeness (QED) is 0.578. The van der Waals surface area contributed by atoms with Crippen LogP contribution in [0.1, 0.15) is 48.4 Å². The largest absolute Gasteiger partial charge is 0.497 e. The Kier molecular flexibility index (Phi) is 6.74. The highest BCUT2D eigenvalue weighted by molar-refractivity contribution is 6.02. The van der Waals surface area contributed by atoms with Crippen LogP contribution in [-0.2, 0) is 9.53 Å². The predicted octanol–water partition coefficient (Wildman–Crippen LogP) is 4.25. The molecule has 7 heteroatoms. The maximum absolute atomic E-state index is 14.0. The summed E-state index contributed by atoms with van der Waals surface area (Å²) in [6.07, 6.45) is -1.11. The lowest BCUT2D eigenvalue weighted by Crippen LogP contribution is -2.27. The number of benzene rings is 2. The number of esters is 1. The number of hydrogen-bond donors (Lipinski definition) is 1. The molecule has 0 heterocycles. The molecule has 29 heavy (non-hydrogen) atoms. The first kappa shape index (κ1) is 22.1. The smallest absolute Gasteiger partial charge is 0.341 e. The number of halogens is 1. The van der Waals surface area contributed by atoms with E-state index in [4.69, 9.17) is 9.47 Å². The van der Waals surface area contributed by atoms with Gasteiger partial charge >= 0.3 is 5.97 Å². The van der Waals surface area contributed by atoms with Crippen LogP contribution in [0.3, 0.4) is 0 Å². The number of anilines is 1. The van der Waals surface area contributed by atoms with E-state index in [1.807, 2.05) is 0 Å². The minimum Gasteiger partial charge on any atom is -0.497 e. The van der Waals surface area contributed by atoms with Gasteiger partial charge in [-0.3, -0.25) is 9.59 Å². The second-order valence-electron chi connectivity index (χ2n) is 7.54. The van der Waals surface area contributed by atoms with Crippen LogP contribution in [0.25, 0.3) is 0 Å². The zero-order valence-corrected chi connectivity index (χ0v) is 17.0. The Bertz CT molecular complexity index is 916. The van der Waals surface area contributed by atoms with Crippen LogP contribution < -0.4 is 10.1 Å². The number of Topliss-reactive ketones (excluding diaryl/α,β-unsaturated/α-hetero) is 1. The number of methoxy groups -OCH3 is 1. The summed E-state index contributed by atoms with van der Waals surface area (Å²) in [5.74, 6) is -2.07. The molecule has 2 aromatic rings. The second kappa shape index (κ2) is 8.86. The molecule has 6 nitrogen and oxygen atoms in total. The van der Waals surface area contributed by atoms with Crippen LogP contribution in [0.2, 0.25) is 0 Å². The maximum atomic E-state index is 14.0. The van der Waals surface area contributed by atoms with Gasteiger partial charge in [0.25, 0.3) is 0 Å². The molecule has 0 radical (unpaired) electrons. The number of rotatable bonds is 6. The fourth-order valence-corrected chi connectivity index (χ4v) is 2.34. The molecule has 2 rings (SSSR count). The predicted molar refractivity (Wildman–Crippen MR) is 107 cm³/mol. The van der Waals surface area contributed by atoms with Gasteiger partial charge in [-0.05, 0) is 43.3 Å². The molecule has 0 aliphatic heterocycles. The monoisotopic (exact) mass is 401 g/mol. The lowest BCUT2D eigenvalue weighted by Gasteiger charge is -2.18. The summed E-state index contributed by atoms with van der Waals surface area (Å²) in [5, 5.41) is 2.76. The van der Waals surface area contributed by atoms with Crippen LogP contribution >= 0.6 is 0 Å². The van der Waals surface area contributed by atoms with Crippen molar-refractivity contribution < 1.29 is 28.2 Å². The first-order chi connectivity index (χ1) is 13.5. The van der Waals surface area contributed by atoms with E-state index in [0.717, 1.165) is 6.07 Å². The Hall–Kier alpha value is -3.22. The van der Waals surface area contributed by atoms with Crippen molar-refractivity contribution in [2.75, 3.05) is 12.4 Å². The summed E-state index contributed by atoms with van der Waals surface area (Å²) >= 11 is 0. The van der Waals surface area contributed by atoms with E-state index in [2.05, 4.69) is 5.32 Å². The third kappa shape index (κ3) is 5.63. The third-order valence-corrected chi connectivity index (χ3v) is 4.16. The van der Waals surface area contributed by atoms with Gasteiger partial charge in [-0.25, -0.2) is 9.18 Å². The molecule has 0 aliphatic carbocycles. The minimum absolute atomic E-state index is 0.152. The normalized spacial score (nSPS) is 12.1. The Morgan fingerprint density at radius 1 is 1.03 bits per heavy atom. The van der Waals surface area contributed by atoms with Crippen LogP contribution in [0.4, 0.5) is 10.1 Å². The van der Waals surface area contributed by atoms with E-state index in [-0.39, 0.29) is 17.2 Å². The lowest BCUT2D eigenvalue weighted by atomic mass is 9.95. The fraction of sp³-hybridized carbons (Fsp3) is 0.318. The molecule has 1 amide bonds. The van der Waals surface area contributed by atoms with Crippen molar-refractivity contribution in [2.45, 2.75) is 33.8 Å². The first-order valence-electron chi connectivity index (χ1n) is 9.03. The number of ketones is 1. The molecule has 0 unspecified atom stereocenters. The highest BCUT2D eigenvalue weighted by Crippen LogP contribution is 2.20. The van der Waals surface area contributed by atoms with E-state index in [0.29, 0.717) is 11.3 Å². The lowest BCUT2D eigenvalue weighted by molar-refractivity contribution is -0.123. The average Bonchev–Trinajstić information content (AvgIpc) is 2.66. The minimum atomic E-state index is -1.11. The van der Waals surface area contributed by atoms with Crippen molar-refractivity contribution in [3.63, 3.8) is 0 Å². The standard InChI is InChI=1S/C22H24FNO5/c1-13(29-20(26)17-11-10-16(28-5)12-18(17)23)19(25)14-6-8-15(9-7-14)24-21(27)22(2,3)4/h6-13H,1-5H3,(H,24,27)/t13-/m1/s1. The number of ether oxygens (including phenoxy) is 2. The summed E-state index contributed by atoms with van der Waals surface area (Å²) in [4.78, 5) is 36.7. The Morgan fingerprint density at radius 2 is 1.66 bits per heavy atom. The van der Waals surface area contributed by atoms with Gasteiger partial charge in [0.1, 0.15) is 11.6 Å². The molecule has 0 aromatic heterocycles. The molecule has 0 aliphatic rings. The Morgan fingerprint density at radius 3 is 2.17 bits per heavy atom. The molecule has 2 aromatic carbocycles. The number of hydrogen-bond acceptors (Lipinski definition) is 5. The molecule has 0 saturated heterocycles. The number of nitrogens with one attached hydrogen (secondary N) is 1. The van der Waals surface area contributed by atoms with Crippen molar-refractivity contribution in [3.8, 4) is 5.75 Å².